The van der Waals surface area contributed by atoms with E-state index in [9.17, 15) is 27.8 Å². The number of nitrogens with zero attached hydrogens (tertiary/aromatic N) is 3. The van der Waals surface area contributed by atoms with Gasteiger partial charge < -0.3 is 25.2 Å². The molecular weight excluding hydrogens is 468 g/mol. The Kier molecular flexibility index (Phi) is 7.96. The van der Waals surface area contributed by atoms with Crippen molar-refractivity contribution in [1.29, 1.82) is 0 Å². The standard InChI is InChI=1S/C22H19F4N3O3.C2H7N/c23-17-2-4-18(5-3-17)29-20-6-1-15(9-14(20)10-27-29)21(32,22(24,25)26)16-7-8-28(11-16)12-19(31)13-30;1-3-2/h1-11,19,30-32H,12-13H2;3H,1-2H3. The number of alkyl halides is 3. The molecule has 2 aromatic carbocycles. The highest BCUT2D eigenvalue weighted by molar-refractivity contribution is 5.81. The Labute approximate surface area is 198 Å². The van der Waals surface area contributed by atoms with Gasteiger partial charge in [0.2, 0.25) is 5.60 Å². The number of halogens is 4. The molecule has 0 radical (unpaired) electrons. The number of aliphatic hydroxyl groups excluding tert-OH is 2. The van der Waals surface area contributed by atoms with Crippen LogP contribution in [0.2, 0.25) is 0 Å². The van der Waals surface area contributed by atoms with Gasteiger partial charge in [-0.3, -0.25) is 0 Å². The Bertz CT molecular complexity index is 1250. The maximum Gasteiger partial charge on any atom is 0.425 e. The number of rotatable bonds is 6. The summed E-state index contributed by atoms with van der Waals surface area (Å²) >= 11 is 0. The van der Waals surface area contributed by atoms with Crippen LogP contribution < -0.4 is 5.32 Å². The molecule has 4 aromatic rings. The van der Waals surface area contributed by atoms with E-state index >= 15 is 0 Å². The summed E-state index contributed by atoms with van der Waals surface area (Å²) in [4.78, 5) is 0. The summed E-state index contributed by atoms with van der Waals surface area (Å²) in [5, 5.41) is 36.7. The maximum atomic E-state index is 14.1. The van der Waals surface area contributed by atoms with E-state index in [0.717, 1.165) is 18.3 Å². The Morgan fingerprint density at radius 2 is 1.69 bits per heavy atom. The van der Waals surface area contributed by atoms with Crippen LogP contribution in [-0.4, -0.2) is 62.6 Å². The van der Waals surface area contributed by atoms with Crippen LogP contribution in [0, 0.1) is 5.82 Å². The third kappa shape index (κ3) is 5.38. The highest BCUT2D eigenvalue weighted by Gasteiger charge is 2.56. The molecule has 2 atom stereocenters. The van der Waals surface area contributed by atoms with Gasteiger partial charge in [0, 0.05) is 23.3 Å². The molecule has 0 amide bonds. The molecule has 4 rings (SSSR count). The van der Waals surface area contributed by atoms with Crippen molar-refractivity contribution in [3.05, 3.63) is 84.1 Å². The van der Waals surface area contributed by atoms with E-state index in [4.69, 9.17) is 5.11 Å². The predicted octanol–water partition coefficient (Wildman–Crippen LogP) is 2.95. The van der Waals surface area contributed by atoms with Gasteiger partial charge in [-0.05, 0) is 62.1 Å². The second-order valence-corrected chi connectivity index (χ2v) is 7.95. The molecule has 2 aromatic heterocycles. The lowest BCUT2D eigenvalue weighted by Crippen LogP contribution is -2.43. The molecule has 4 N–H and O–H groups in total. The van der Waals surface area contributed by atoms with Gasteiger partial charge in [0.25, 0.3) is 0 Å². The first-order valence-corrected chi connectivity index (χ1v) is 10.6. The smallest absolute Gasteiger partial charge is 0.394 e. The topological polar surface area (TPSA) is 95.5 Å². The van der Waals surface area contributed by atoms with E-state index in [2.05, 4.69) is 10.4 Å². The fourth-order valence-corrected chi connectivity index (χ4v) is 3.61. The molecule has 0 aliphatic rings. The molecule has 0 bridgehead atoms. The Balaban J connectivity index is 0.00000108. The highest BCUT2D eigenvalue weighted by atomic mass is 19.4. The van der Waals surface area contributed by atoms with Crippen LogP contribution in [0.5, 0.6) is 0 Å². The first-order valence-electron chi connectivity index (χ1n) is 10.6. The van der Waals surface area contributed by atoms with Crippen molar-refractivity contribution in [1.82, 2.24) is 19.7 Å². The summed E-state index contributed by atoms with van der Waals surface area (Å²) < 4.78 is 58.3. The zero-order valence-corrected chi connectivity index (χ0v) is 19.0. The van der Waals surface area contributed by atoms with Crippen LogP contribution in [0.4, 0.5) is 17.6 Å². The molecule has 0 aliphatic heterocycles. The van der Waals surface area contributed by atoms with Gasteiger partial charge >= 0.3 is 6.18 Å². The minimum absolute atomic E-state index is 0.131. The monoisotopic (exact) mass is 494 g/mol. The molecule has 2 unspecified atom stereocenters. The van der Waals surface area contributed by atoms with Crippen LogP contribution in [0.3, 0.4) is 0 Å². The van der Waals surface area contributed by atoms with Crippen LogP contribution >= 0.6 is 0 Å². The Hall–Kier alpha value is -3.25. The second kappa shape index (κ2) is 10.6. The van der Waals surface area contributed by atoms with Crippen molar-refractivity contribution in [2.45, 2.75) is 24.4 Å². The maximum absolute atomic E-state index is 14.1. The van der Waals surface area contributed by atoms with Crippen molar-refractivity contribution < 1.29 is 32.9 Å². The lowest BCUT2D eigenvalue weighted by molar-refractivity contribution is -0.248. The van der Waals surface area contributed by atoms with Crippen LogP contribution in [0.15, 0.2) is 67.1 Å². The number of hydrogen-bond acceptors (Lipinski definition) is 5. The zero-order chi connectivity index (χ0) is 25.8. The molecule has 0 spiro atoms. The van der Waals surface area contributed by atoms with E-state index in [0.29, 0.717) is 16.6 Å². The summed E-state index contributed by atoms with van der Waals surface area (Å²) in [6.45, 7) is -0.681. The van der Waals surface area contributed by atoms with Crippen LogP contribution in [-0.2, 0) is 12.1 Å². The van der Waals surface area contributed by atoms with Gasteiger partial charge in [0.15, 0.2) is 0 Å². The lowest BCUT2D eigenvalue weighted by Gasteiger charge is -2.30. The van der Waals surface area contributed by atoms with Crippen molar-refractivity contribution in [2.75, 3.05) is 20.7 Å². The third-order valence-corrected chi connectivity index (χ3v) is 5.27. The first-order chi connectivity index (χ1) is 16.5. The quantitative estimate of drug-likeness (QED) is 0.309. The number of aliphatic hydroxyl groups is 3. The Morgan fingerprint density at radius 1 is 1.03 bits per heavy atom. The van der Waals surface area contributed by atoms with Crippen molar-refractivity contribution >= 4 is 10.9 Å². The van der Waals surface area contributed by atoms with Crippen molar-refractivity contribution in [3.8, 4) is 5.69 Å². The van der Waals surface area contributed by atoms with Crippen LogP contribution in [0.25, 0.3) is 16.6 Å². The normalized spacial score (nSPS) is 14.3. The largest absolute Gasteiger partial charge is 0.425 e. The number of benzene rings is 2. The number of hydrogen-bond donors (Lipinski definition) is 4. The highest BCUT2D eigenvalue weighted by Crippen LogP contribution is 2.45. The van der Waals surface area contributed by atoms with Gasteiger partial charge in [-0.1, -0.05) is 6.07 Å². The average Bonchev–Trinajstić information content (AvgIpc) is 3.45. The van der Waals surface area contributed by atoms with Gasteiger partial charge in [-0.2, -0.15) is 18.3 Å². The predicted molar refractivity (Wildman–Crippen MR) is 123 cm³/mol. The summed E-state index contributed by atoms with van der Waals surface area (Å²) in [5.74, 6) is -0.429. The first kappa shape index (κ1) is 26.4. The molecule has 11 heteroatoms. The molecule has 35 heavy (non-hydrogen) atoms. The summed E-state index contributed by atoms with van der Waals surface area (Å²) in [5.41, 5.74) is -3.14. The molecule has 0 saturated heterocycles. The second-order valence-electron chi connectivity index (χ2n) is 7.95. The zero-order valence-electron chi connectivity index (χ0n) is 19.0. The molecule has 0 saturated carbocycles. The third-order valence-electron chi connectivity index (χ3n) is 5.27. The SMILES string of the molecule is CNC.OCC(O)Cn1ccc(C(O)(c2ccc3c(cnn3-c3ccc(F)cc3)c2)C(F)(F)F)c1. The number of aromatic nitrogens is 3. The molecule has 0 fully saturated rings. The fourth-order valence-electron chi connectivity index (χ4n) is 3.61. The van der Waals surface area contributed by atoms with E-state index in [-0.39, 0.29) is 6.54 Å². The van der Waals surface area contributed by atoms with E-state index in [1.165, 1.54) is 58.0 Å². The van der Waals surface area contributed by atoms with Crippen LogP contribution in [0.1, 0.15) is 11.1 Å². The van der Waals surface area contributed by atoms with E-state index in [1.54, 1.807) is 0 Å². The summed E-state index contributed by atoms with van der Waals surface area (Å²) in [7, 11) is 3.75. The number of nitrogens with one attached hydrogen (secondary N) is 1. The average molecular weight is 494 g/mol. The minimum atomic E-state index is -5.05. The summed E-state index contributed by atoms with van der Waals surface area (Å²) in [6.07, 6.45) is -2.46. The molecule has 7 nitrogen and oxygen atoms in total. The van der Waals surface area contributed by atoms with E-state index < -0.39 is 41.4 Å². The fraction of sp³-hybridized carbons (Fsp3) is 0.292. The summed E-state index contributed by atoms with van der Waals surface area (Å²) in [6, 6.07) is 10.4. The minimum Gasteiger partial charge on any atom is -0.394 e. The molecular formula is C24H26F4N4O3. The van der Waals surface area contributed by atoms with Crippen molar-refractivity contribution in [3.63, 3.8) is 0 Å². The van der Waals surface area contributed by atoms with E-state index in [1.807, 2.05) is 14.1 Å². The van der Waals surface area contributed by atoms with Gasteiger partial charge in [-0.15, -0.1) is 0 Å². The van der Waals surface area contributed by atoms with Crippen molar-refractivity contribution in [2.24, 2.45) is 0 Å². The number of fused-ring (bicyclic) bond motifs is 1. The molecule has 0 aliphatic carbocycles. The lowest BCUT2D eigenvalue weighted by atomic mass is 9.86. The van der Waals surface area contributed by atoms with Gasteiger partial charge in [0.1, 0.15) is 5.82 Å². The molecule has 2 heterocycles. The van der Waals surface area contributed by atoms with Gasteiger partial charge in [-0.25, -0.2) is 9.07 Å². The van der Waals surface area contributed by atoms with Gasteiger partial charge in [0.05, 0.1) is 36.7 Å². The molecule has 188 valence electrons. The Morgan fingerprint density at radius 3 is 2.29 bits per heavy atom.